The van der Waals surface area contributed by atoms with E-state index in [1.54, 1.807) is 24.3 Å². The third-order valence-corrected chi connectivity index (χ3v) is 7.31. The quantitative estimate of drug-likeness (QED) is 0.770. The molecule has 7 heteroatoms. The molecule has 2 bridgehead atoms. The SMILES string of the molecule is O=C(NCC1CC2CCN1CC2CN1CCN(c2ccc(F)cc2)CC1)c1ccco1. The third kappa shape index (κ3) is 4.62. The molecule has 0 radical (unpaired) electrons. The van der Waals surface area contributed by atoms with Gasteiger partial charge in [0.2, 0.25) is 0 Å². The zero-order chi connectivity index (χ0) is 21.2. The molecule has 6 nitrogen and oxygen atoms in total. The summed E-state index contributed by atoms with van der Waals surface area (Å²) < 4.78 is 18.4. The zero-order valence-corrected chi connectivity index (χ0v) is 17.9. The number of nitrogens with zero attached hydrogens (tertiary/aromatic N) is 3. The first-order valence-electron chi connectivity index (χ1n) is 11.4. The van der Waals surface area contributed by atoms with Crippen molar-refractivity contribution in [1.82, 2.24) is 15.1 Å². The number of halogens is 1. The topological polar surface area (TPSA) is 52.0 Å². The van der Waals surface area contributed by atoms with Gasteiger partial charge >= 0.3 is 0 Å². The maximum Gasteiger partial charge on any atom is 0.287 e. The Kier molecular flexibility index (Phi) is 5.96. The van der Waals surface area contributed by atoms with E-state index in [-0.39, 0.29) is 11.7 Å². The van der Waals surface area contributed by atoms with E-state index in [0.717, 1.165) is 57.4 Å². The van der Waals surface area contributed by atoms with Crippen molar-refractivity contribution in [3.05, 3.63) is 54.2 Å². The number of carbonyl (C=O) groups excluding carboxylic acids is 1. The number of rotatable bonds is 6. The number of furan rings is 1. The van der Waals surface area contributed by atoms with Crippen LogP contribution in [0.5, 0.6) is 0 Å². The summed E-state index contributed by atoms with van der Waals surface area (Å²) in [4.78, 5) is 19.7. The van der Waals surface area contributed by atoms with Crippen LogP contribution in [0.1, 0.15) is 23.4 Å². The molecule has 0 aliphatic carbocycles. The molecular formula is C24H31FN4O2. The van der Waals surface area contributed by atoms with Gasteiger partial charge in [0.05, 0.1) is 6.26 Å². The van der Waals surface area contributed by atoms with Gasteiger partial charge in [-0.05, 0) is 67.6 Å². The molecule has 31 heavy (non-hydrogen) atoms. The number of benzene rings is 1. The Labute approximate surface area is 183 Å². The lowest BCUT2D eigenvalue weighted by Gasteiger charge is -2.51. The summed E-state index contributed by atoms with van der Waals surface area (Å²) in [5, 5.41) is 3.05. The molecule has 4 fully saturated rings. The molecule has 4 saturated heterocycles. The number of hydrogen-bond acceptors (Lipinski definition) is 5. The summed E-state index contributed by atoms with van der Waals surface area (Å²) >= 11 is 0. The van der Waals surface area contributed by atoms with Crippen LogP contribution in [0.4, 0.5) is 10.1 Å². The highest BCUT2D eigenvalue weighted by Gasteiger charge is 2.40. The normalized spacial score (nSPS) is 28.6. The summed E-state index contributed by atoms with van der Waals surface area (Å²) in [5.41, 5.74) is 1.11. The highest BCUT2D eigenvalue weighted by molar-refractivity contribution is 5.91. The van der Waals surface area contributed by atoms with Crippen molar-refractivity contribution < 1.29 is 13.6 Å². The van der Waals surface area contributed by atoms with Crippen molar-refractivity contribution in [3.63, 3.8) is 0 Å². The minimum atomic E-state index is -0.177. The zero-order valence-electron chi connectivity index (χ0n) is 17.9. The van der Waals surface area contributed by atoms with Gasteiger partial charge in [0.25, 0.3) is 5.91 Å². The van der Waals surface area contributed by atoms with E-state index in [9.17, 15) is 9.18 Å². The lowest BCUT2D eigenvalue weighted by molar-refractivity contribution is -0.0121. The van der Waals surface area contributed by atoms with Gasteiger partial charge in [-0.2, -0.15) is 0 Å². The van der Waals surface area contributed by atoms with E-state index in [1.807, 2.05) is 12.1 Å². The van der Waals surface area contributed by atoms with Gasteiger partial charge in [-0.3, -0.25) is 14.6 Å². The second-order valence-corrected chi connectivity index (χ2v) is 9.14. The first-order valence-corrected chi connectivity index (χ1v) is 11.4. The molecule has 1 amide bonds. The van der Waals surface area contributed by atoms with E-state index < -0.39 is 0 Å². The van der Waals surface area contributed by atoms with Crippen LogP contribution in [0.25, 0.3) is 0 Å². The number of piperazine rings is 1. The number of hydrogen-bond donors (Lipinski definition) is 1. The fraction of sp³-hybridized carbons (Fsp3) is 0.542. The maximum absolute atomic E-state index is 13.2. The molecule has 4 aliphatic heterocycles. The van der Waals surface area contributed by atoms with E-state index in [2.05, 4.69) is 20.0 Å². The number of carbonyl (C=O) groups is 1. The van der Waals surface area contributed by atoms with Gasteiger partial charge < -0.3 is 14.6 Å². The minimum absolute atomic E-state index is 0.122. The second-order valence-electron chi connectivity index (χ2n) is 9.14. The molecule has 1 aromatic carbocycles. The average molecular weight is 427 g/mol. The molecule has 4 aliphatic rings. The molecule has 0 saturated carbocycles. The Morgan fingerprint density at radius 1 is 1.10 bits per heavy atom. The van der Waals surface area contributed by atoms with Crippen molar-refractivity contribution >= 4 is 11.6 Å². The van der Waals surface area contributed by atoms with E-state index in [1.165, 1.54) is 19.1 Å². The van der Waals surface area contributed by atoms with Crippen LogP contribution < -0.4 is 10.2 Å². The van der Waals surface area contributed by atoms with Gasteiger partial charge in [0, 0.05) is 57.5 Å². The van der Waals surface area contributed by atoms with Crippen LogP contribution in [0.3, 0.4) is 0 Å². The van der Waals surface area contributed by atoms with Crippen molar-refractivity contribution in [2.75, 3.05) is 57.3 Å². The maximum atomic E-state index is 13.2. The third-order valence-electron chi connectivity index (χ3n) is 7.31. The average Bonchev–Trinajstić information content (AvgIpc) is 3.34. The molecule has 4 unspecified atom stereocenters. The van der Waals surface area contributed by atoms with E-state index in [0.29, 0.717) is 24.3 Å². The Bertz CT molecular complexity index is 864. The smallest absolute Gasteiger partial charge is 0.287 e. The molecule has 1 aromatic heterocycles. The standard InChI is InChI=1S/C24H31FN4O2/c25-20-3-5-21(6-4-20)28-11-9-27(10-12-28)16-19-17-29-8-7-18(19)14-22(29)15-26-24(30)23-2-1-13-31-23/h1-6,13,18-19,22H,7-12,14-17H2,(H,26,30). The number of anilines is 1. The molecular weight excluding hydrogens is 395 g/mol. The summed E-state index contributed by atoms with van der Waals surface area (Å²) in [7, 11) is 0. The molecule has 1 N–H and O–H groups in total. The van der Waals surface area contributed by atoms with Crippen LogP contribution in [0, 0.1) is 17.7 Å². The van der Waals surface area contributed by atoms with Gasteiger partial charge in [-0.15, -0.1) is 0 Å². The van der Waals surface area contributed by atoms with Gasteiger partial charge in [-0.25, -0.2) is 4.39 Å². The fourth-order valence-electron chi connectivity index (χ4n) is 5.55. The second kappa shape index (κ2) is 9.01. The molecule has 2 aromatic rings. The van der Waals surface area contributed by atoms with Crippen molar-refractivity contribution in [2.45, 2.75) is 18.9 Å². The van der Waals surface area contributed by atoms with Crippen molar-refractivity contribution in [1.29, 1.82) is 0 Å². The van der Waals surface area contributed by atoms with Crippen LogP contribution in [-0.4, -0.2) is 74.1 Å². The van der Waals surface area contributed by atoms with Crippen molar-refractivity contribution in [3.8, 4) is 0 Å². The van der Waals surface area contributed by atoms with Crippen LogP contribution in [-0.2, 0) is 0 Å². The first-order chi connectivity index (χ1) is 15.2. The number of piperidine rings is 3. The minimum Gasteiger partial charge on any atom is -0.459 e. The Balaban J connectivity index is 1.08. The largest absolute Gasteiger partial charge is 0.459 e. The number of amides is 1. The molecule has 5 heterocycles. The summed E-state index contributed by atoms with van der Waals surface area (Å²) in [6.07, 6.45) is 3.96. The van der Waals surface area contributed by atoms with Crippen LogP contribution in [0.2, 0.25) is 0 Å². The Morgan fingerprint density at radius 2 is 1.90 bits per heavy atom. The molecule has 166 valence electrons. The summed E-state index contributed by atoms with van der Waals surface area (Å²) in [5.74, 6) is 1.54. The lowest BCUT2D eigenvalue weighted by atomic mass is 9.75. The Morgan fingerprint density at radius 3 is 2.58 bits per heavy atom. The van der Waals surface area contributed by atoms with E-state index >= 15 is 0 Å². The monoisotopic (exact) mass is 426 g/mol. The summed E-state index contributed by atoms with van der Waals surface area (Å²) in [6.45, 7) is 8.22. The number of nitrogens with one attached hydrogen (secondary N) is 1. The first kappa shape index (κ1) is 20.5. The highest BCUT2D eigenvalue weighted by Crippen LogP contribution is 2.36. The molecule has 4 atom stereocenters. The highest BCUT2D eigenvalue weighted by atomic mass is 19.1. The molecule has 0 spiro atoms. The summed E-state index contributed by atoms with van der Waals surface area (Å²) in [6, 6.07) is 10.7. The van der Waals surface area contributed by atoms with E-state index in [4.69, 9.17) is 4.42 Å². The predicted molar refractivity (Wildman–Crippen MR) is 118 cm³/mol. The van der Waals surface area contributed by atoms with Gasteiger partial charge in [-0.1, -0.05) is 0 Å². The lowest BCUT2D eigenvalue weighted by Crippen LogP contribution is -2.59. The molecule has 6 rings (SSSR count). The van der Waals surface area contributed by atoms with Crippen LogP contribution >= 0.6 is 0 Å². The van der Waals surface area contributed by atoms with Gasteiger partial charge in [0.1, 0.15) is 5.82 Å². The fourth-order valence-corrected chi connectivity index (χ4v) is 5.55. The predicted octanol–water partition coefficient (Wildman–Crippen LogP) is 2.68. The number of fused-ring (bicyclic) bond motifs is 3. The van der Waals surface area contributed by atoms with Crippen LogP contribution in [0.15, 0.2) is 47.1 Å². The van der Waals surface area contributed by atoms with Crippen molar-refractivity contribution in [2.24, 2.45) is 11.8 Å². The Hall–Kier alpha value is -2.38. The van der Waals surface area contributed by atoms with Gasteiger partial charge in [0.15, 0.2) is 5.76 Å².